The summed E-state index contributed by atoms with van der Waals surface area (Å²) in [5, 5.41) is 0. The van der Waals surface area contributed by atoms with Crippen LogP contribution in [0.5, 0.6) is 0 Å². The third-order valence-corrected chi connectivity index (χ3v) is 3.24. The summed E-state index contributed by atoms with van der Waals surface area (Å²) in [7, 11) is 0. The number of benzene rings is 1. The molecule has 1 rings (SSSR count). The van der Waals surface area contributed by atoms with E-state index in [4.69, 9.17) is 6.58 Å². The molecule has 0 aliphatic heterocycles. The van der Waals surface area contributed by atoms with Crippen molar-refractivity contribution < 1.29 is 0 Å². The lowest BCUT2D eigenvalue weighted by Gasteiger charge is -2.14. The summed E-state index contributed by atoms with van der Waals surface area (Å²) >= 11 is 0. The highest BCUT2D eigenvalue weighted by atomic mass is 14.1. The predicted octanol–water partition coefficient (Wildman–Crippen LogP) is 4.89. The van der Waals surface area contributed by atoms with Crippen LogP contribution in [0.1, 0.15) is 50.7 Å². The Hall–Kier alpha value is -1.04. The summed E-state index contributed by atoms with van der Waals surface area (Å²) in [4.78, 5) is 0. The van der Waals surface area contributed by atoms with Gasteiger partial charge < -0.3 is 0 Å². The van der Waals surface area contributed by atoms with Crippen LogP contribution in [-0.2, 0) is 6.42 Å². The molecule has 0 saturated heterocycles. The molecule has 0 heteroatoms. The smallest absolute Gasteiger partial charge is 0.0250 e. The third-order valence-electron chi connectivity index (χ3n) is 3.24. The van der Waals surface area contributed by atoms with Gasteiger partial charge in [-0.2, -0.15) is 0 Å². The predicted molar refractivity (Wildman–Crippen MR) is 72.2 cm³/mol. The molecule has 0 heterocycles. The first-order valence-corrected chi connectivity index (χ1v) is 6.44. The fraction of sp³-hybridized carbons (Fsp3) is 0.500. The Labute approximate surface area is 100 Å². The Kier molecular flexibility index (Phi) is 5.92. The fourth-order valence-electron chi connectivity index (χ4n) is 2.04. The van der Waals surface area contributed by atoms with Crippen molar-refractivity contribution in [2.24, 2.45) is 5.92 Å². The monoisotopic (exact) mass is 215 g/mol. The van der Waals surface area contributed by atoms with E-state index in [2.05, 4.69) is 38.1 Å². The van der Waals surface area contributed by atoms with E-state index in [9.17, 15) is 0 Å². The van der Waals surface area contributed by atoms with Crippen molar-refractivity contribution >= 4 is 6.08 Å². The molecule has 1 unspecified atom stereocenters. The lowest BCUT2D eigenvalue weighted by Crippen LogP contribution is -2.03. The summed E-state index contributed by atoms with van der Waals surface area (Å²) in [6.45, 7) is 10.0. The SMILES string of the molecule is [CH]=Cc1ccc(CC(CC)CCCC)cc1. The van der Waals surface area contributed by atoms with E-state index in [-0.39, 0.29) is 0 Å². The molecule has 0 nitrogen and oxygen atoms in total. The first-order valence-electron chi connectivity index (χ1n) is 6.44. The maximum absolute atomic E-state index is 5.47. The molecule has 16 heavy (non-hydrogen) atoms. The molecule has 0 aromatic heterocycles. The van der Waals surface area contributed by atoms with Gasteiger partial charge in [0.25, 0.3) is 0 Å². The van der Waals surface area contributed by atoms with E-state index in [0.717, 1.165) is 11.5 Å². The van der Waals surface area contributed by atoms with Crippen molar-refractivity contribution in [2.75, 3.05) is 0 Å². The molecule has 1 aromatic rings. The quantitative estimate of drug-likeness (QED) is 0.607. The number of rotatable bonds is 7. The molecule has 0 amide bonds. The molecule has 0 bridgehead atoms. The molecule has 0 aliphatic carbocycles. The minimum Gasteiger partial charge on any atom is -0.0654 e. The van der Waals surface area contributed by atoms with Gasteiger partial charge in [0.2, 0.25) is 0 Å². The molecular weight excluding hydrogens is 192 g/mol. The highest BCUT2D eigenvalue weighted by Crippen LogP contribution is 2.19. The van der Waals surface area contributed by atoms with E-state index >= 15 is 0 Å². The molecule has 1 atom stereocenters. The highest BCUT2D eigenvalue weighted by molar-refractivity contribution is 5.45. The second-order valence-electron chi connectivity index (χ2n) is 4.53. The van der Waals surface area contributed by atoms with Gasteiger partial charge in [-0.15, -0.1) is 0 Å². The standard InChI is InChI=1S/C16H23/c1-4-7-8-15(6-3)13-16-11-9-14(5-2)10-12-16/h2,5,9-12,15H,4,6-8,13H2,1,3H3. The van der Waals surface area contributed by atoms with Gasteiger partial charge in [-0.1, -0.05) is 76.5 Å². The van der Waals surface area contributed by atoms with Crippen molar-refractivity contribution in [3.63, 3.8) is 0 Å². The molecule has 1 radical (unpaired) electrons. The summed E-state index contributed by atoms with van der Waals surface area (Å²) in [6.07, 6.45) is 8.16. The number of unbranched alkanes of at least 4 members (excludes halogenated alkanes) is 1. The second kappa shape index (κ2) is 7.27. The van der Waals surface area contributed by atoms with Gasteiger partial charge >= 0.3 is 0 Å². The van der Waals surface area contributed by atoms with Crippen LogP contribution in [0.2, 0.25) is 0 Å². The summed E-state index contributed by atoms with van der Waals surface area (Å²) < 4.78 is 0. The zero-order chi connectivity index (χ0) is 11.8. The molecule has 87 valence electrons. The zero-order valence-electron chi connectivity index (χ0n) is 10.6. The third kappa shape index (κ3) is 4.22. The summed E-state index contributed by atoms with van der Waals surface area (Å²) in [6, 6.07) is 8.60. The summed E-state index contributed by atoms with van der Waals surface area (Å²) in [5.41, 5.74) is 2.54. The minimum absolute atomic E-state index is 0.840. The largest absolute Gasteiger partial charge is 0.0654 e. The van der Waals surface area contributed by atoms with Crippen molar-refractivity contribution in [1.29, 1.82) is 0 Å². The Bertz CT molecular complexity index is 294. The van der Waals surface area contributed by atoms with E-state index in [0.29, 0.717) is 0 Å². The molecule has 0 saturated carbocycles. The summed E-state index contributed by atoms with van der Waals surface area (Å²) in [5.74, 6) is 0.840. The lowest BCUT2D eigenvalue weighted by atomic mass is 9.92. The maximum atomic E-state index is 5.47. The number of hydrogen-bond donors (Lipinski definition) is 0. The fourth-order valence-corrected chi connectivity index (χ4v) is 2.04. The second-order valence-corrected chi connectivity index (χ2v) is 4.53. The van der Waals surface area contributed by atoms with Crippen molar-refractivity contribution in [3.8, 4) is 0 Å². The average Bonchev–Trinajstić information content (AvgIpc) is 2.35. The zero-order valence-corrected chi connectivity index (χ0v) is 10.6. The normalized spacial score (nSPS) is 12.4. The maximum Gasteiger partial charge on any atom is -0.0250 e. The van der Waals surface area contributed by atoms with Crippen LogP contribution in [0, 0.1) is 12.5 Å². The average molecular weight is 215 g/mol. The molecule has 0 fully saturated rings. The Morgan fingerprint density at radius 3 is 2.38 bits per heavy atom. The van der Waals surface area contributed by atoms with Gasteiger partial charge in [-0.05, 0) is 23.5 Å². The van der Waals surface area contributed by atoms with Gasteiger partial charge in [-0.25, -0.2) is 0 Å². The topological polar surface area (TPSA) is 0 Å². The van der Waals surface area contributed by atoms with E-state index < -0.39 is 0 Å². The molecule has 1 aromatic carbocycles. The van der Waals surface area contributed by atoms with Crippen LogP contribution >= 0.6 is 0 Å². The minimum atomic E-state index is 0.840. The first kappa shape index (κ1) is 13.0. The Morgan fingerprint density at radius 1 is 1.19 bits per heavy atom. The van der Waals surface area contributed by atoms with Gasteiger partial charge in [0, 0.05) is 0 Å². The van der Waals surface area contributed by atoms with Crippen molar-refractivity contribution in [1.82, 2.24) is 0 Å². The van der Waals surface area contributed by atoms with E-state index in [1.165, 1.54) is 37.7 Å². The van der Waals surface area contributed by atoms with Crippen LogP contribution in [-0.4, -0.2) is 0 Å². The van der Waals surface area contributed by atoms with Crippen LogP contribution in [0.15, 0.2) is 24.3 Å². The van der Waals surface area contributed by atoms with Crippen LogP contribution in [0.25, 0.3) is 6.08 Å². The van der Waals surface area contributed by atoms with Gasteiger partial charge in [-0.3, -0.25) is 0 Å². The van der Waals surface area contributed by atoms with Crippen LogP contribution < -0.4 is 0 Å². The van der Waals surface area contributed by atoms with Crippen molar-refractivity contribution in [3.05, 3.63) is 42.0 Å². The Morgan fingerprint density at radius 2 is 1.88 bits per heavy atom. The molecule has 0 spiro atoms. The number of hydrogen-bond acceptors (Lipinski definition) is 0. The lowest BCUT2D eigenvalue weighted by molar-refractivity contribution is 0.449. The van der Waals surface area contributed by atoms with Gasteiger partial charge in [0.1, 0.15) is 0 Å². The van der Waals surface area contributed by atoms with Crippen LogP contribution in [0.4, 0.5) is 0 Å². The molecule has 0 aliphatic rings. The first-order chi connectivity index (χ1) is 7.80. The van der Waals surface area contributed by atoms with Crippen LogP contribution in [0.3, 0.4) is 0 Å². The molecule has 0 N–H and O–H groups in total. The van der Waals surface area contributed by atoms with Gasteiger partial charge in [0.15, 0.2) is 0 Å². The van der Waals surface area contributed by atoms with E-state index in [1.54, 1.807) is 6.08 Å². The highest BCUT2D eigenvalue weighted by Gasteiger charge is 2.06. The Balaban J connectivity index is 2.52. The van der Waals surface area contributed by atoms with Gasteiger partial charge in [0.05, 0.1) is 0 Å². The molecular formula is C16H23. The van der Waals surface area contributed by atoms with Crippen molar-refractivity contribution in [2.45, 2.75) is 46.0 Å². The van der Waals surface area contributed by atoms with E-state index in [1.807, 2.05) is 0 Å².